The fourth-order valence-corrected chi connectivity index (χ4v) is 2.41. The zero-order valence-electron chi connectivity index (χ0n) is 6.47. The van der Waals surface area contributed by atoms with E-state index < -0.39 is 0 Å². The third-order valence-corrected chi connectivity index (χ3v) is 3.64. The Labute approximate surface area is 67.1 Å². The number of hydrogen-bond donors (Lipinski definition) is 1. The molecule has 1 heterocycles. The molecule has 1 aliphatic rings. The average Bonchev–Trinajstić information content (AvgIpc) is 2.39. The predicted molar refractivity (Wildman–Crippen MR) is 48.0 cm³/mol. The summed E-state index contributed by atoms with van der Waals surface area (Å²) in [6.07, 6.45) is 5.86. The maximum Gasteiger partial charge on any atom is 0.0245 e. The van der Waals surface area contributed by atoms with E-state index in [2.05, 4.69) is 18.4 Å². The first-order valence-corrected chi connectivity index (χ1v) is 4.74. The highest BCUT2D eigenvalue weighted by atomic mass is 32.2. The van der Waals surface area contributed by atoms with Crippen molar-refractivity contribution < 1.29 is 0 Å². The summed E-state index contributed by atoms with van der Waals surface area (Å²) in [5, 5.41) is 2.21. The van der Waals surface area contributed by atoms with Crippen LogP contribution < -0.4 is 5.73 Å². The molecule has 0 saturated heterocycles. The van der Waals surface area contributed by atoms with Crippen LogP contribution >= 0.6 is 11.8 Å². The Bertz CT molecular complexity index is 123. The van der Waals surface area contributed by atoms with Gasteiger partial charge in [-0.3, -0.25) is 0 Å². The molecule has 1 unspecified atom stereocenters. The van der Waals surface area contributed by atoms with Gasteiger partial charge in [0, 0.05) is 4.75 Å². The Kier molecular flexibility index (Phi) is 2.81. The van der Waals surface area contributed by atoms with E-state index in [1.54, 1.807) is 0 Å². The summed E-state index contributed by atoms with van der Waals surface area (Å²) in [6.45, 7) is 3.07. The summed E-state index contributed by atoms with van der Waals surface area (Å²) in [7, 11) is 0. The minimum atomic E-state index is 0.467. The monoisotopic (exact) mass is 157 g/mol. The molecular formula is C8H15NS. The van der Waals surface area contributed by atoms with E-state index in [1.165, 1.54) is 12.8 Å². The van der Waals surface area contributed by atoms with Crippen molar-refractivity contribution in [2.75, 3.05) is 6.54 Å². The van der Waals surface area contributed by atoms with Crippen LogP contribution in [-0.2, 0) is 0 Å². The first kappa shape index (κ1) is 8.15. The van der Waals surface area contributed by atoms with Crippen LogP contribution in [0.15, 0.2) is 11.5 Å². The Morgan fingerprint density at radius 3 is 2.90 bits per heavy atom. The van der Waals surface area contributed by atoms with Crippen molar-refractivity contribution in [1.29, 1.82) is 0 Å². The summed E-state index contributed by atoms with van der Waals surface area (Å²) in [5.41, 5.74) is 5.53. The molecule has 0 aromatic heterocycles. The molecule has 2 heteroatoms. The Balaban J connectivity index is 2.44. The number of allylic oxidation sites excluding steroid dienone is 1. The standard InChI is InChI=1S/C8H15NS/c1-2-8(5-6-9)4-3-7-10-8/h3,7H,2,4-6,9H2,1H3. The van der Waals surface area contributed by atoms with Gasteiger partial charge in [-0.25, -0.2) is 0 Å². The van der Waals surface area contributed by atoms with Gasteiger partial charge in [0.2, 0.25) is 0 Å². The molecule has 0 fully saturated rings. The second-order valence-electron chi connectivity index (χ2n) is 2.77. The number of thioether (sulfide) groups is 1. The Morgan fingerprint density at radius 1 is 1.70 bits per heavy atom. The van der Waals surface area contributed by atoms with E-state index in [0.29, 0.717) is 4.75 Å². The molecule has 0 aliphatic carbocycles. The highest BCUT2D eigenvalue weighted by Gasteiger charge is 2.28. The van der Waals surface area contributed by atoms with E-state index in [-0.39, 0.29) is 0 Å². The predicted octanol–water partition coefficient (Wildman–Crippen LogP) is 2.13. The molecule has 1 nitrogen and oxygen atoms in total. The second kappa shape index (κ2) is 3.44. The minimum Gasteiger partial charge on any atom is -0.330 e. The van der Waals surface area contributed by atoms with Gasteiger partial charge in [0.15, 0.2) is 0 Å². The molecule has 2 N–H and O–H groups in total. The topological polar surface area (TPSA) is 26.0 Å². The first-order chi connectivity index (χ1) is 4.83. The molecule has 0 radical (unpaired) electrons. The van der Waals surface area contributed by atoms with Crippen molar-refractivity contribution in [2.24, 2.45) is 5.73 Å². The van der Waals surface area contributed by atoms with E-state index in [4.69, 9.17) is 5.73 Å². The largest absolute Gasteiger partial charge is 0.330 e. The summed E-state index contributed by atoms with van der Waals surface area (Å²) in [4.78, 5) is 0. The maximum absolute atomic E-state index is 5.53. The summed E-state index contributed by atoms with van der Waals surface area (Å²) < 4.78 is 0.467. The third-order valence-electron chi connectivity index (χ3n) is 2.15. The van der Waals surface area contributed by atoms with Crippen LogP contribution in [0.25, 0.3) is 0 Å². The van der Waals surface area contributed by atoms with E-state index in [9.17, 15) is 0 Å². The minimum absolute atomic E-state index is 0.467. The molecule has 0 saturated carbocycles. The number of nitrogens with two attached hydrogens (primary N) is 1. The fourth-order valence-electron chi connectivity index (χ4n) is 1.33. The van der Waals surface area contributed by atoms with Gasteiger partial charge >= 0.3 is 0 Å². The smallest absolute Gasteiger partial charge is 0.0245 e. The average molecular weight is 157 g/mol. The van der Waals surface area contributed by atoms with Crippen LogP contribution in [-0.4, -0.2) is 11.3 Å². The lowest BCUT2D eigenvalue weighted by atomic mass is 9.98. The van der Waals surface area contributed by atoms with Gasteiger partial charge < -0.3 is 5.73 Å². The van der Waals surface area contributed by atoms with Crippen LogP contribution in [0.5, 0.6) is 0 Å². The van der Waals surface area contributed by atoms with Gasteiger partial charge in [-0.2, -0.15) is 0 Å². The molecule has 1 aliphatic heterocycles. The molecule has 0 spiro atoms. The van der Waals surface area contributed by atoms with E-state index >= 15 is 0 Å². The number of hydrogen-bond acceptors (Lipinski definition) is 2. The zero-order chi connectivity index (χ0) is 7.45. The summed E-state index contributed by atoms with van der Waals surface area (Å²) in [6, 6.07) is 0. The molecule has 1 atom stereocenters. The summed E-state index contributed by atoms with van der Waals surface area (Å²) >= 11 is 1.95. The van der Waals surface area contributed by atoms with Crippen molar-refractivity contribution >= 4 is 11.8 Å². The molecule has 0 bridgehead atoms. The van der Waals surface area contributed by atoms with Crippen LogP contribution in [0.4, 0.5) is 0 Å². The van der Waals surface area contributed by atoms with Crippen LogP contribution in [0.1, 0.15) is 26.2 Å². The normalized spacial score (nSPS) is 31.4. The molecule has 10 heavy (non-hydrogen) atoms. The molecular weight excluding hydrogens is 142 g/mol. The van der Waals surface area contributed by atoms with Gasteiger partial charge in [-0.15, -0.1) is 11.8 Å². The van der Waals surface area contributed by atoms with Crippen molar-refractivity contribution in [2.45, 2.75) is 30.9 Å². The molecule has 58 valence electrons. The lowest BCUT2D eigenvalue weighted by molar-refractivity contribution is 0.543. The molecule has 0 aromatic carbocycles. The van der Waals surface area contributed by atoms with Gasteiger partial charge in [-0.1, -0.05) is 13.0 Å². The summed E-state index contributed by atoms with van der Waals surface area (Å²) in [5.74, 6) is 0. The number of rotatable bonds is 3. The van der Waals surface area contributed by atoms with Gasteiger partial charge in [-0.05, 0) is 31.2 Å². The molecule has 1 rings (SSSR count). The third kappa shape index (κ3) is 1.55. The van der Waals surface area contributed by atoms with Gasteiger partial charge in [0.05, 0.1) is 0 Å². The Hall–Kier alpha value is 0.0500. The van der Waals surface area contributed by atoms with Crippen LogP contribution in [0.3, 0.4) is 0 Å². The van der Waals surface area contributed by atoms with Crippen molar-refractivity contribution in [3.05, 3.63) is 11.5 Å². The van der Waals surface area contributed by atoms with Gasteiger partial charge in [0.25, 0.3) is 0 Å². The fraction of sp³-hybridized carbons (Fsp3) is 0.750. The SMILES string of the molecule is CCC1(CCN)CC=CS1. The second-order valence-corrected chi connectivity index (χ2v) is 4.14. The van der Waals surface area contributed by atoms with Crippen LogP contribution in [0.2, 0.25) is 0 Å². The van der Waals surface area contributed by atoms with Crippen molar-refractivity contribution in [1.82, 2.24) is 0 Å². The lowest BCUT2D eigenvalue weighted by Crippen LogP contribution is -2.24. The van der Waals surface area contributed by atoms with Gasteiger partial charge in [0.1, 0.15) is 0 Å². The molecule has 0 aromatic rings. The first-order valence-electron chi connectivity index (χ1n) is 3.86. The quantitative estimate of drug-likeness (QED) is 0.679. The van der Waals surface area contributed by atoms with E-state index in [0.717, 1.165) is 13.0 Å². The van der Waals surface area contributed by atoms with Crippen molar-refractivity contribution in [3.63, 3.8) is 0 Å². The molecule has 0 amide bonds. The lowest BCUT2D eigenvalue weighted by Gasteiger charge is -2.25. The van der Waals surface area contributed by atoms with Crippen molar-refractivity contribution in [3.8, 4) is 0 Å². The zero-order valence-corrected chi connectivity index (χ0v) is 7.29. The van der Waals surface area contributed by atoms with Crippen LogP contribution in [0, 0.1) is 0 Å². The van der Waals surface area contributed by atoms with E-state index in [1.807, 2.05) is 11.8 Å². The highest BCUT2D eigenvalue weighted by molar-refractivity contribution is 8.03. The Morgan fingerprint density at radius 2 is 2.50 bits per heavy atom. The maximum atomic E-state index is 5.53. The highest BCUT2D eigenvalue weighted by Crippen LogP contribution is 2.41.